The first-order chi connectivity index (χ1) is 11.9. The van der Waals surface area contributed by atoms with Gasteiger partial charge < -0.3 is 9.64 Å². The van der Waals surface area contributed by atoms with Crippen molar-refractivity contribution in [2.45, 2.75) is 5.75 Å². The molecule has 3 rings (SSSR count). The minimum Gasteiger partial charge on any atom is -0.378 e. The van der Waals surface area contributed by atoms with Crippen molar-refractivity contribution in [1.29, 1.82) is 0 Å². The predicted molar refractivity (Wildman–Crippen MR) is 102 cm³/mol. The molecule has 2 aromatic carbocycles. The molecule has 8 heteroatoms. The Kier molecular flexibility index (Phi) is 5.74. The third kappa shape index (κ3) is 5.01. The first-order valence-electron chi connectivity index (χ1n) is 7.80. The minimum atomic E-state index is -3.54. The Balaban J connectivity index is 1.66. The number of anilines is 2. The normalized spacial score (nSPS) is 15.2. The number of morpholine rings is 1. The van der Waals surface area contributed by atoms with E-state index in [0.717, 1.165) is 18.8 Å². The molecule has 25 heavy (non-hydrogen) atoms. The van der Waals surface area contributed by atoms with E-state index >= 15 is 0 Å². The van der Waals surface area contributed by atoms with Gasteiger partial charge >= 0.3 is 0 Å². The summed E-state index contributed by atoms with van der Waals surface area (Å²) in [5, 5.41) is 0.735. The Morgan fingerprint density at radius 3 is 2.32 bits per heavy atom. The fourth-order valence-corrected chi connectivity index (χ4v) is 4.13. The summed E-state index contributed by atoms with van der Waals surface area (Å²) in [6.45, 7) is 3.08. The van der Waals surface area contributed by atoms with Crippen molar-refractivity contribution in [2.24, 2.45) is 0 Å². The molecule has 0 unspecified atom stereocenters. The number of nitrogens with zero attached hydrogens (tertiary/aromatic N) is 1. The summed E-state index contributed by atoms with van der Waals surface area (Å²) in [6, 6.07) is 12.1. The van der Waals surface area contributed by atoms with Gasteiger partial charge in [0.2, 0.25) is 10.0 Å². The molecule has 0 amide bonds. The highest BCUT2D eigenvalue weighted by Gasteiger charge is 2.14. The lowest BCUT2D eigenvalue weighted by Gasteiger charge is -2.28. The van der Waals surface area contributed by atoms with Gasteiger partial charge in [0.25, 0.3) is 0 Å². The maximum absolute atomic E-state index is 12.3. The van der Waals surface area contributed by atoms with E-state index in [-0.39, 0.29) is 5.75 Å². The number of hydrogen-bond acceptors (Lipinski definition) is 4. The molecular formula is C17H18Cl2N2O3S. The van der Waals surface area contributed by atoms with Crippen LogP contribution < -0.4 is 9.62 Å². The van der Waals surface area contributed by atoms with Crippen molar-refractivity contribution in [2.75, 3.05) is 35.9 Å². The van der Waals surface area contributed by atoms with Crippen LogP contribution in [0.2, 0.25) is 10.0 Å². The molecule has 0 radical (unpaired) electrons. The Bertz CT molecular complexity index is 835. The van der Waals surface area contributed by atoms with Crippen molar-refractivity contribution in [3.8, 4) is 0 Å². The van der Waals surface area contributed by atoms with Crippen LogP contribution in [0.1, 0.15) is 5.56 Å². The largest absolute Gasteiger partial charge is 0.378 e. The first kappa shape index (κ1) is 18.3. The molecule has 5 nitrogen and oxygen atoms in total. The Morgan fingerprint density at radius 1 is 1.00 bits per heavy atom. The van der Waals surface area contributed by atoms with Crippen molar-refractivity contribution < 1.29 is 13.2 Å². The van der Waals surface area contributed by atoms with E-state index in [1.807, 2.05) is 12.1 Å². The minimum absolute atomic E-state index is 0.172. The fraction of sp³-hybridized carbons (Fsp3) is 0.294. The highest BCUT2D eigenvalue weighted by atomic mass is 35.5. The highest BCUT2D eigenvalue weighted by molar-refractivity contribution is 7.91. The van der Waals surface area contributed by atoms with Gasteiger partial charge in [-0.05, 0) is 42.0 Å². The lowest BCUT2D eigenvalue weighted by molar-refractivity contribution is 0.122. The van der Waals surface area contributed by atoms with Crippen molar-refractivity contribution in [3.63, 3.8) is 0 Å². The van der Waals surface area contributed by atoms with Gasteiger partial charge in [-0.2, -0.15) is 0 Å². The lowest BCUT2D eigenvalue weighted by atomic mass is 10.2. The molecule has 0 bridgehead atoms. The summed E-state index contributed by atoms with van der Waals surface area (Å²) in [4.78, 5) is 2.21. The van der Waals surface area contributed by atoms with Gasteiger partial charge in [0.1, 0.15) is 0 Å². The molecule has 0 aromatic heterocycles. The number of hydrogen-bond donors (Lipinski definition) is 1. The highest BCUT2D eigenvalue weighted by Crippen LogP contribution is 2.24. The van der Waals surface area contributed by atoms with Crippen molar-refractivity contribution >= 4 is 44.6 Å². The quantitative estimate of drug-likeness (QED) is 0.829. The number of halogens is 2. The standard InChI is InChI=1S/C17H18Cl2N2O3S/c18-16-6-1-13(11-17(16)19)12-25(22,23)20-14-2-4-15(5-3-14)21-7-9-24-10-8-21/h1-6,11,20H,7-10,12H2. The van der Waals surface area contributed by atoms with Crippen LogP contribution in [0.5, 0.6) is 0 Å². The predicted octanol–water partition coefficient (Wildman–Crippen LogP) is 3.77. The molecule has 1 aliphatic rings. The van der Waals surface area contributed by atoms with Gasteiger partial charge in [0.15, 0.2) is 0 Å². The Morgan fingerprint density at radius 2 is 1.68 bits per heavy atom. The van der Waals surface area contributed by atoms with E-state index in [9.17, 15) is 8.42 Å². The van der Waals surface area contributed by atoms with Crippen LogP contribution in [0.4, 0.5) is 11.4 Å². The van der Waals surface area contributed by atoms with E-state index in [1.165, 1.54) is 0 Å². The molecule has 1 saturated heterocycles. The SMILES string of the molecule is O=S(=O)(Cc1ccc(Cl)c(Cl)c1)Nc1ccc(N2CCOCC2)cc1. The number of benzene rings is 2. The second-order valence-corrected chi connectivity index (χ2v) is 8.29. The molecule has 0 atom stereocenters. The lowest BCUT2D eigenvalue weighted by Crippen LogP contribution is -2.36. The summed E-state index contributed by atoms with van der Waals surface area (Å²) in [7, 11) is -3.54. The monoisotopic (exact) mass is 400 g/mol. The molecule has 1 aliphatic heterocycles. The smallest absolute Gasteiger partial charge is 0.236 e. The fourth-order valence-electron chi connectivity index (χ4n) is 2.63. The van der Waals surface area contributed by atoms with Gasteiger partial charge in [-0.15, -0.1) is 0 Å². The maximum Gasteiger partial charge on any atom is 0.236 e. The van der Waals surface area contributed by atoms with Crippen LogP contribution in [-0.4, -0.2) is 34.7 Å². The third-order valence-corrected chi connectivity index (χ3v) is 5.86. The molecule has 1 N–H and O–H groups in total. The second kappa shape index (κ2) is 7.83. The van der Waals surface area contributed by atoms with E-state index in [1.54, 1.807) is 30.3 Å². The van der Waals surface area contributed by atoms with E-state index in [4.69, 9.17) is 27.9 Å². The maximum atomic E-state index is 12.3. The molecule has 134 valence electrons. The average molecular weight is 401 g/mol. The molecule has 0 saturated carbocycles. The Hall–Kier alpha value is -1.47. The zero-order valence-electron chi connectivity index (χ0n) is 13.4. The second-order valence-electron chi connectivity index (χ2n) is 5.76. The number of sulfonamides is 1. The van der Waals surface area contributed by atoms with Crippen LogP contribution in [0.15, 0.2) is 42.5 Å². The zero-order valence-corrected chi connectivity index (χ0v) is 15.7. The molecular weight excluding hydrogens is 383 g/mol. The first-order valence-corrected chi connectivity index (χ1v) is 10.2. The van der Waals surface area contributed by atoms with E-state index < -0.39 is 10.0 Å². The van der Waals surface area contributed by atoms with Crippen LogP contribution in [0.25, 0.3) is 0 Å². The van der Waals surface area contributed by atoms with E-state index in [2.05, 4.69) is 9.62 Å². The number of nitrogens with one attached hydrogen (secondary N) is 1. The van der Waals surface area contributed by atoms with Crippen LogP contribution in [0.3, 0.4) is 0 Å². The molecule has 1 heterocycles. The summed E-state index contributed by atoms with van der Waals surface area (Å²) >= 11 is 11.8. The number of rotatable bonds is 5. The summed E-state index contributed by atoms with van der Waals surface area (Å²) in [6.07, 6.45) is 0. The van der Waals surface area contributed by atoms with Crippen LogP contribution in [-0.2, 0) is 20.5 Å². The molecule has 0 spiro atoms. The summed E-state index contributed by atoms with van der Waals surface area (Å²) in [5.41, 5.74) is 2.15. The van der Waals surface area contributed by atoms with Crippen LogP contribution in [0, 0.1) is 0 Å². The molecule has 2 aromatic rings. The van der Waals surface area contributed by atoms with Gasteiger partial charge in [-0.3, -0.25) is 4.72 Å². The average Bonchev–Trinajstić information content (AvgIpc) is 2.59. The number of ether oxygens (including phenoxy) is 1. The topological polar surface area (TPSA) is 58.6 Å². The summed E-state index contributed by atoms with van der Waals surface area (Å²) < 4.78 is 32.6. The van der Waals surface area contributed by atoms with Crippen molar-refractivity contribution in [1.82, 2.24) is 0 Å². The van der Waals surface area contributed by atoms with Gasteiger partial charge in [0, 0.05) is 24.5 Å². The third-order valence-electron chi connectivity index (χ3n) is 3.86. The van der Waals surface area contributed by atoms with Gasteiger partial charge in [0.05, 0.1) is 29.0 Å². The van der Waals surface area contributed by atoms with Gasteiger partial charge in [-0.1, -0.05) is 29.3 Å². The summed E-state index contributed by atoms with van der Waals surface area (Å²) in [5.74, 6) is -0.172. The molecule has 1 fully saturated rings. The van der Waals surface area contributed by atoms with E-state index in [0.29, 0.717) is 34.5 Å². The van der Waals surface area contributed by atoms with Crippen LogP contribution >= 0.6 is 23.2 Å². The van der Waals surface area contributed by atoms with Crippen molar-refractivity contribution in [3.05, 3.63) is 58.1 Å². The van der Waals surface area contributed by atoms with Gasteiger partial charge in [-0.25, -0.2) is 8.42 Å². The zero-order chi connectivity index (χ0) is 17.9. The molecule has 0 aliphatic carbocycles. The Labute approximate surface area is 157 Å².